The molecule has 0 radical (unpaired) electrons. The van der Waals surface area contributed by atoms with E-state index < -0.39 is 11.7 Å². The normalized spacial score (nSPS) is 11.0. The van der Waals surface area contributed by atoms with Crippen LogP contribution in [-0.2, 0) is 18.2 Å². The number of carbonyl (C=O) groups is 1. The molecule has 0 aliphatic heterocycles. The molecule has 5 nitrogen and oxygen atoms in total. The summed E-state index contributed by atoms with van der Waals surface area (Å²) in [5.74, 6) is 0.971. The summed E-state index contributed by atoms with van der Waals surface area (Å²) >= 11 is 3.58. The number of pyridine rings is 1. The number of amides is 1. The van der Waals surface area contributed by atoms with Crippen molar-refractivity contribution in [3.63, 3.8) is 0 Å². The molecule has 0 saturated heterocycles. The Morgan fingerprint density at radius 2 is 2.09 bits per heavy atom. The Balaban J connectivity index is 2.65. The monoisotopic (exact) mass is 384 g/mol. The molecular weight excluding hydrogens is 358 g/mol. The van der Waals surface area contributed by atoms with Crippen LogP contribution in [-0.4, -0.2) is 24.8 Å². The van der Waals surface area contributed by atoms with Crippen molar-refractivity contribution < 1.29 is 14.1 Å². The standard InChI is InChI=1S/C17H26BrN3O2/c1-7-12-11-13(18)15(21(6)14(12)8-2)19-9-10-20-16(22)23-17(3,4)5/h7,11H,1,8-10H2,2-6H3,(H,20,22)/p+1. The molecule has 6 heteroatoms. The van der Waals surface area contributed by atoms with Crippen LogP contribution in [0.3, 0.4) is 0 Å². The summed E-state index contributed by atoms with van der Waals surface area (Å²) in [4.78, 5) is 11.6. The van der Waals surface area contributed by atoms with Crippen LogP contribution in [0.2, 0.25) is 0 Å². The van der Waals surface area contributed by atoms with Gasteiger partial charge in [-0.1, -0.05) is 19.6 Å². The van der Waals surface area contributed by atoms with Gasteiger partial charge in [0.2, 0.25) is 0 Å². The van der Waals surface area contributed by atoms with Crippen molar-refractivity contribution in [3.8, 4) is 0 Å². The second kappa shape index (κ2) is 8.34. The van der Waals surface area contributed by atoms with Gasteiger partial charge < -0.3 is 10.1 Å². The first kappa shape index (κ1) is 19.5. The van der Waals surface area contributed by atoms with Crippen molar-refractivity contribution in [1.29, 1.82) is 0 Å². The van der Waals surface area contributed by atoms with Gasteiger partial charge in [-0.15, -0.1) is 0 Å². The van der Waals surface area contributed by atoms with Crippen LogP contribution in [0.4, 0.5) is 10.6 Å². The number of nitrogens with zero attached hydrogens (tertiary/aromatic N) is 1. The van der Waals surface area contributed by atoms with Gasteiger partial charge >= 0.3 is 6.09 Å². The number of alkyl carbamates (subject to hydrolysis) is 1. The van der Waals surface area contributed by atoms with Gasteiger partial charge in [0.05, 0.1) is 13.6 Å². The Bertz CT molecular complexity index is 580. The zero-order valence-corrected chi connectivity index (χ0v) is 16.2. The van der Waals surface area contributed by atoms with Crippen LogP contribution in [0.5, 0.6) is 0 Å². The highest BCUT2D eigenvalue weighted by Gasteiger charge is 2.18. The molecule has 1 amide bonds. The molecule has 0 fully saturated rings. The lowest BCUT2D eigenvalue weighted by Crippen LogP contribution is -2.40. The van der Waals surface area contributed by atoms with E-state index in [0.717, 1.165) is 22.3 Å². The molecule has 1 aromatic heterocycles. The third kappa shape index (κ3) is 5.86. The van der Waals surface area contributed by atoms with Crippen molar-refractivity contribution >= 4 is 33.9 Å². The fraction of sp³-hybridized carbons (Fsp3) is 0.529. The van der Waals surface area contributed by atoms with Gasteiger partial charge in [0.15, 0.2) is 0 Å². The van der Waals surface area contributed by atoms with Gasteiger partial charge in [-0.25, -0.2) is 9.36 Å². The molecular formula is C17H27BrN3O2+. The first-order chi connectivity index (χ1) is 10.7. The summed E-state index contributed by atoms with van der Waals surface area (Å²) in [6, 6.07) is 2.05. The highest BCUT2D eigenvalue weighted by atomic mass is 79.9. The van der Waals surface area contributed by atoms with Crippen molar-refractivity contribution in [1.82, 2.24) is 5.32 Å². The summed E-state index contributed by atoms with van der Waals surface area (Å²) in [6.07, 6.45) is 2.37. The maximum atomic E-state index is 11.6. The average Bonchev–Trinajstić information content (AvgIpc) is 2.43. The van der Waals surface area contributed by atoms with Crippen LogP contribution in [0.25, 0.3) is 6.08 Å². The third-order valence-corrected chi connectivity index (χ3v) is 3.83. The molecule has 128 valence electrons. The molecule has 0 aliphatic rings. The van der Waals surface area contributed by atoms with E-state index in [9.17, 15) is 4.79 Å². The van der Waals surface area contributed by atoms with Gasteiger partial charge in [-0.3, -0.25) is 5.32 Å². The Labute approximate surface area is 147 Å². The molecule has 0 aliphatic carbocycles. The molecule has 0 spiro atoms. The molecule has 1 aromatic rings. The molecule has 0 bridgehead atoms. The maximum Gasteiger partial charge on any atom is 0.407 e. The second-order valence-corrected chi connectivity index (χ2v) is 7.07. The van der Waals surface area contributed by atoms with Crippen LogP contribution in [0.15, 0.2) is 17.1 Å². The smallest absolute Gasteiger partial charge is 0.407 e. The Morgan fingerprint density at radius 1 is 1.43 bits per heavy atom. The predicted molar refractivity (Wildman–Crippen MR) is 97.5 cm³/mol. The molecule has 0 saturated carbocycles. The topological polar surface area (TPSA) is 54.2 Å². The van der Waals surface area contributed by atoms with E-state index in [1.54, 1.807) is 0 Å². The van der Waals surface area contributed by atoms with Crippen LogP contribution in [0.1, 0.15) is 39.0 Å². The molecule has 1 rings (SSSR count). The van der Waals surface area contributed by atoms with Gasteiger partial charge in [-0.2, -0.15) is 0 Å². The molecule has 2 N–H and O–H groups in total. The van der Waals surface area contributed by atoms with E-state index in [2.05, 4.69) is 50.7 Å². The highest BCUT2D eigenvalue weighted by Crippen LogP contribution is 2.22. The molecule has 0 atom stereocenters. The molecule has 0 aromatic carbocycles. The van der Waals surface area contributed by atoms with Gasteiger partial charge in [-0.05, 0) is 42.8 Å². The summed E-state index contributed by atoms with van der Waals surface area (Å²) in [7, 11) is 2.01. The molecule has 0 unspecified atom stereocenters. The predicted octanol–water partition coefficient (Wildman–Crippen LogP) is 3.42. The number of aromatic nitrogens is 1. The fourth-order valence-electron chi connectivity index (χ4n) is 2.26. The molecule has 1 heterocycles. The minimum absolute atomic E-state index is 0.404. The van der Waals surface area contributed by atoms with E-state index in [-0.39, 0.29) is 0 Å². The lowest BCUT2D eigenvalue weighted by Gasteiger charge is -2.19. The van der Waals surface area contributed by atoms with Gasteiger partial charge in [0.1, 0.15) is 22.3 Å². The Hall–Kier alpha value is -1.56. The van der Waals surface area contributed by atoms with E-state index in [0.29, 0.717) is 13.1 Å². The SMILES string of the molecule is C=Cc1cc(Br)c(NCCNC(=O)OC(C)(C)C)[n+](C)c1CC. The summed E-state index contributed by atoms with van der Waals surface area (Å²) < 4.78 is 8.27. The van der Waals surface area contributed by atoms with Crippen LogP contribution < -0.4 is 15.2 Å². The van der Waals surface area contributed by atoms with E-state index in [1.807, 2.05) is 33.9 Å². The number of ether oxygens (including phenoxy) is 1. The number of anilines is 1. The Kier molecular flexibility index (Phi) is 7.06. The van der Waals surface area contributed by atoms with Gasteiger partial charge in [0, 0.05) is 12.0 Å². The van der Waals surface area contributed by atoms with Crippen molar-refractivity contribution in [2.75, 3.05) is 18.4 Å². The lowest BCUT2D eigenvalue weighted by molar-refractivity contribution is -0.665. The minimum Gasteiger partial charge on any atom is -0.444 e. The van der Waals surface area contributed by atoms with Crippen LogP contribution in [0, 0.1) is 0 Å². The summed E-state index contributed by atoms with van der Waals surface area (Å²) in [5, 5.41) is 6.07. The summed E-state index contributed by atoms with van der Waals surface area (Å²) in [6.45, 7) is 12.6. The molecule has 23 heavy (non-hydrogen) atoms. The summed E-state index contributed by atoms with van der Waals surface area (Å²) in [5.41, 5.74) is 1.83. The van der Waals surface area contributed by atoms with Crippen molar-refractivity contribution in [2.24, 2.45) is 7.05 Å². The van der Waals surface area contributed by atoms with Crippen molar-refractivity contribution in [2.45, 2.75) is 39.7 Å². The van der Waals surface area contributed by atoms with Crippen LogP contribution >= 0.6 is 15.9 Å². The quantitative estimate of drug-likeness (QED) is 0.583. The van der Waals surface area contributed by atoms with E-state index >= 15 is 0 Å². The zero-order chi connectivity index (χ0) is 17.6. The largest absolute Gasteiger partial charge is 0.444 e. The second-order valence-electron chi connectivity index (χ2n) is 6.22. The highest BCUT2D eigenvalue weighted by molar-refractivity contribution is 9.10. The number of hydrogen-bond donors (Lipinski definition) is 2. The average molecular weight is 385 g/mol. The van der Waals surface area contributed by atoms with Gasteiger partial charge in [0.25, 0.3) is 5.82 Å². The van der Waals surface area contributed by atoms with E-state index in [1.165, 1.54) is 5.69 Å². The number of nitrogens with one attached hydrogen (secondary N) is 2. The number of halogens is 1. The Morgan fingerprint density at radius 3 is 2.61 bits per heavy atom. The number of hydrogen-bond acceptors (Lipinski definition) is 3. The van der Waals surface area contributed by atoms with E-state index in [4.69, 9.17) is 4.74 Å². The lowest BCUT2D eigenvalue weighted by atomic mass is 10.1. The maximum absolute atomic E-state index is 11.6. The zero-order valence-electron chi connectivity index (χ0n) is 14.6. The number of rotatable bonds is 6. The number of carbonyl (C=O) groups excluding carboxylic acids is 1. The third-order valence-electron chi connectivity index (χ3n) is 3.22. The first-order valence-corrected chi connectivity index (χ1v) is 8.53. The van der Waals surface area contributed by atoms with Crippen molar-refractivity contribution in [3.05, 3.63) is 28.4 Å². The fourth-order valence-corrected chi connectivity index (χ4v) is 2.91. The minimum atomic E-state index is -0.483. The first-order valence-electron chi connectivity index (χ1n) is 7.74.